The second-order valence-corrected chi connectivity index (χ2v) is 4.54. The van der Waals surface area contributed by atoms with Crippen molar-refractivity contribution in [2.75, 3.05) is 0 Å². The summed E-state index contributed by atoms with van der Waals surface area (Å²) in [5.41, 5.74) is 2.03. The Kier molecular flexibility index (Phi) is 3.22. The average molecular weight is 269 g/mol. The number of ketones is 1. The van der Waals surface area contributed by atoms with E-state index in [1.807, 2.05) is 6.92 Å². The molecule has 0 saturated heterocycles. The zero-order valence-corrected chi connectivity index (χ0v) is 10.9. The molecule has 0 radical (unpaired) electrons. The lowest BCUT2D eigenvalue weighted by molar-refractivity contribution is 0.101. The third-order valence-electron chi connectivity index (χ3n) is 2.44. The molecule has 88 valence electrons. The Hall–Kier alpha value is -1.32. The molecule has 17 heavy (non-hydrogen) atoms. The normalized spacial score (nSPS) is 10.6. The SMILES string of the molecule is CC(=O)c1ccc(-n2cc(Cl)c(C)n2)cc1Cl. The van der Waals surface area contributed by atoms with Gasteiger partial charge in [0.05, 0.1) is 21.4 Å². The number of aromatic nitrogens is 2. The maximum absolute atomic E-state index is 11.2. The lowest BCUT2D eigenvalue weighted by atomic mass is 10.1. The van der Waals surface area contributed by atoms with Gasteiger partial charge in [-0.2, -0.15) is 5.10 Å². The topological polar surface area (TPSA) is 34.9 Å². The maximum Gasteiger partial charge on any atom is 0.161 e. The van der Waals surface area contributed by atoms with Crippen LogP contribution >= 0.6 is 23.2 Å². The van der Waals surface area contributed by atoms with Crippen molar-refractivity contribution in [2.24, 2.45) is 0 Å². The van der Waals surface area contributed by atoms with Crippen LogP contribution in [0.3, 0.4) is 0 Å². The summed E-state index contributed by atoms with van der Waals surface area (Å²) in [6.45, 7) is 3.31. The fraction of sp³-hybridized carbons (Fsp3) is 0.167. The minimum atomic E-state index is -0.0590. The van der Waals surface area contributed by atoms with Crippen LogP contribution in [0, 0.1) is 6.92 Å². The third-order valence-corrected chi connectivity index (χ3v) is 3.12. The fourth-order valence-corrected chi connectivity index (χ4v) is 1.94. The van der Waals surface area contributed by atoms with Gasteiger partial charge in [-0.15, -0.1) is 0 Å². The van der Waals surface area contributed by atoms with Crippen LogP contribution in [0.1, 0.15) is 23.0 Å². The standard InChI is InChI=1S/C12H10Cl2N2O/c1-7-12(14)6-16(15-7)9-3-4-10(8(2)17)11(13)5-9/h3-6H,1-2H3. The lowest BCUT2D eigenvalue weighted by Crippen LogP contribution is -1.98. The second kappa shape index (κ2) is 4.51. The van der Waals surface area contributed by atoms with Crippen LogP contribution in [0.15, 0.2) is 24.4 Å². The highest BCUT2D eigenvalue weighted by molar-refractivity contribution is 6.34. The van der Waals surface area contributed by atoms with Crippen molar-refractivity contribution >= 4 is 29.0 Å². The smallest absolute Gasteiger partial charge is 0.161 e. The van der Waals surface area contributed by atoms with Crippen molar-refractivity contribution in [3.05, 3.63) is 45.7 Å². The molecule has 0 spiro atoms. The van der Waals surface area contributed by atoms with Crippen LogP contribution in [-0.4, -0.2) is 15.6 Å². The number of hydrogen-bond donors (Lipinski definition) is 0. The molecule has 0 N–H and O–H groups in total. The Labute approximate surface area is 109 Å². The predicted octanol–water partition coefficient (Wildman–Crippen LogP) is 3.69. The van der Waals surface area contributed by atoms with Gasteiger partial charge in [0.2, 0.25) is 0 Å². The number of nitrogens with zero attached hydrogens (tertiary/aromatic N) is 2. The average Bonchev–Trinajstić information content (AvgIpc) is 2.58. The first kappa shape index (κ1) is 12.1. The highest BCUT2D eigenvalue weighted by Crippen LogP contribution is 2.22. The highest BCUT2D eigenvalue weighted by atomic mass is 35.5. The highest BCUT2D eigenvalue weighted by Gasteiger charge is 2.09. The van der Waals surface area contributed by atoms with Crippen molar-refractivity contribution in [3.8, 4) is 5.69 Å². The molecular formula is C12H10Cl2N2O. The van der Waals surface area contributed by atoms with E-state index in [9.17, 15) is 4.79 Å². The molecule has 0 bridgehead atoms. The van der Waals surface area contributed by atoms with Crippen LogP contribution in [0.5, 0.6) is 0 Å². The Morgan fingerprint density at radius 1 is 1.29 bits per heavy atom. The molecule has 0 aliphatic carbocycles. The van der Waals surface area contributed by atoms with Gasteiger partial charge in [-0.1, -0.05) is 23.2 Å². The number of Topliss-reactive ketones (excluding diaryl/α,β-unsaturated/α-hetero) is 1. The molecule has 0 saturated carbocycles. The lowest BCUT2D eigenvalue weighted by Gasteiger charge is -2.04. The number of benzene rings is 1. The van der Waals surface area contributed by atoms with E-state index in [0.717, 1.165) is 11.4 Å². The van der Waals surface area contributed by atoms with Gasteiger partial charge in [-0.05, 0) is 32.0 Å². The minimum Gasteiger partial charge on any atom is -0.294 e. The van der Waals surface area contributed by atoms with Crippen molar-refractivity contribution in [1.82, 2.24) is 9.78 Å². The van der Waals surface area contributed by atoms with E-state index in [1.54, 1.807) is 29.1 Å². The van der Waals surface area contributed by atoms with Gasteiger partial charge in [0.15, 0.2) is 5.78 Å². The maximum atomic E-state index is 11.2. The van der Waals surface area contributed by atoms with Crippen LogP contribution < -0.4 is 0 Å². The number of carbonyl (C=O) groups is 1. The number of hydrogen-bond acceptors (Lipinski definition) is 2. The van der Waals surface area contributed by atoms with E-state index in [0.29, 0.717) is 15.6 Å². The van der Waals surface area contributed by atoms with Crippen molar-refractivity contribution in [3.63, 3.8) is 0 Å². The summed E-state index contributed by atoms with van der Waals surface area (Å²) in [5.74, 6) is -0.0590. The molecule has 1 aromatic carbocycles. The van der Waals surface area contributed by atoms with Crippen LogP contribution in [0.4, 0.5) is 0 Å². The van der Waals surface area contributed by atoms with Gasteiger partial charge in [0.25, 0.3) is 0 Å². The first-order valence-electron chi connectivity index (χ1n) is 5.01. The zero-order chi connectivity index (χ0) is 12.6. The summed E-state index contributed by atoms with van der Waals surface area (Å²) in [4.78, 5) is 11.2. The Balaban J connectivity index is 2.47. The van der Waals surface area contributed by atoms with E-state index >= 15 is 0 Å². The summed E-state index contributed by atoms with van der Waals surface area (Å²) < 4.78 is 1.63. The molecule has 0 aliphatic heterocycles. The summed E-state index contributed by atoms with van der Waals surface area (Å²) in [6, 6.07) is 5.16. The first-order chi connectivity index (χ1) is 7.99. The summed E-state index contributed by atoms with van der Waals surface area (Å²) in [5, 5.41) is 5.25. The van der Waals surface area contributed by atoms with Crippen molar-refractivity contribution in [1.29, 1.82) is 0 Å². The molecule has 0 atom stereocenters. The number of rotatable bonds is 2. The van der Waals surface area contributed by atoms with E-state index in [4.69, 9.17) is 23.2 Å². The quantitative estimate of drug-likeness (QED) is 0.779. The second-order valence-electron chi connectivity index (χ2n) is 3.73. The number of carbonyl (C=O) groups excluding carboxylic acids is 1. The Morgan fingerprint density at radius 2 is 2.00 bits per heavy atom. The Bertz CT molecular complexity index is 571. The molecule has 5 heteroatoms. The van der Waals surface area contributed by atoms with Crippen LogP contribution in [0.25, 0.3) is 5.69 Å². The van der Waals surface area contributed by atoms with Gasteiger partial charge in [0.1, 0.15) is 0 Å². The molecule has 0 amide bonds. The minimum absolute atomic E-state index is 0.0590. The van der Waals surface area contributed by atoms with Gasteiger partial charge >= 0.3 is 0 Å². The summed E-state index contributed by atoms with van der Waals surface area (Å²) in [7, 11) is 0. The number of halogens is 2. The molecule has 0 fully saturated rings. The van der Waals surface area contributed by atoms with Gasteiger partial charge < -0.3 is 0 Å². The van der Waals surface area contributed by atoms with Crippen LogP contribution in [0.2, 0.25) is 10.0 Å². The van der Waals surface area contributed by atoms with E-state index in [1.165, 1.54) is 6.92 Å². The van der Waals surface area contributed by atoms with Gasteiger partial charge in [0, 0.05) is 11.8 Å². The zero-order valence-electron chi connectivity index (χ0n) is 9.37. The molecule has 1 heterocycles. The first-order valence-corrected chi connectivity index (χ1v) is 5.77. The monoisotopic (exact) mass is 268 g/mol. The number of aryl methyl sites for hydroxylation is 1. The van der Waals surface area contributed by atoms with Crippen molar-refractivity contribution < 1.29 is 4.79 Å². The van der Waals surface area contributed by atoms with Gasteiger partial charge in [-0.3, -0.25) is 4.79 Å². The molecule has 3 nitrogen and oxygen atoms in total. The molecule has 0 unspecified atom stereocenters. The van der Waals surface area contributed by atoms with Crippen LogP contribution in [-0.2, 0) is 0 Å². The molecule has 2 rings (SSSR count). The molecule has 0 aliphatic rings. The van der Waals surface area contributed by atoms with Crippen molar-refractivity contribution in [2.45, 2.75) is 13.8 Å². The largest absolute Gasteiger partial charge is 0.294 e. The van der Waals surface area contributed by atoms with E-state index in [2.05, 4.69) is 5.10 Å². The summed E-state index contributed by atoms with van der Waals surface area (Å²) >= 11 is 12.0. The Morgan fingerprint density at radius 3 is 2.47 bits per heavy atom. The molecule has 2 aromatic rings. The third kappa shape index (κ3) is 2.35. The van der Waals surface area contributed by atoms with Gasteiger partial charge in [-0.25, -0.2) is 4.68 Å². The summed E-state index contributed by atoms with van der Waals surface area (Å²) in [6.07, 6.45) is 1.70. The molecule has 1 aromatic heterocycles. The van der Waals surface area contributed by atoms with E-state index in [-0.39, 0.29) is 5.78 Å². The predicted molar refractivity (Wildman–Crippen MR) is 68.3 cm³/mol. The molecular weight excluding hydrogens is 259 g/mol. The fourth-order valence-electron chi connectivity index (χ4n) is 1.50. The van der Waals surface area contributed by atoms with E-state index < -0.39 is 0 Å².